The van der Waals surface area contributed by atoms with Crippen LogP contribution in [0.15, 0.2) is 16.6 Å². The number of aromatic nitrogens is 1. The quantitative estimate of drug-likeness (QED) is 0.775. The van der Waals surface area contributed by atoms with Crippen LogP contribution in [0.2, 0.25) is 0 Å². The summed E-state index contributed by atoms with van der Waals surface area (Å²) in [6.45, 7) is 4.08. The molecule has 2 aromatic rings. The SMILES string of the molecule is Cc1[nH]c2c(Br)cc(C=O)cc2c1C. The molecule has 0 spiro atoms. The minimum Gasteiger partial charge on any atom is -0.357 e. The van der Waals surface area contributed by atoms with Crippen molar-refractivity contribution in [1.82, 2.24) is 4.98 Å². The van der Waals surface area contributed by atoms with Gasteiger partial charge in [-0.1, -0.05) is 0 Å². The summed E-state index contributed by atoms with van der Waals surface area (Å²) in [5, 5.41) is 1.11. The average molecular weight is 252 g/mol. The second-order valence-electron chi connectivity index (χ2n) is 3.42. The molecule has 1 heterocycles. The van der Waals surface area contributed by atoms with Crippen molar-refractivity contribution >= 4 is 33.1 Å². The third-order valence-corrected chi connectivity index (χ3v) is 3.15. The van der Waals surface area contributed by atoms with E-state index in [4.69, 9.17) is 0 Å². The number of nitrogens with one attached hydrogen (secondary N) is 1. The first kappa shape index (κ1) is 9.46. The molecule has 2 nitrogen and oxygen atoms in total. The fourth-order valence-electron chi connectivity index (χ4n) is 1.60. The van der Waals surface area contributed by atoms with Gasteiger partial charge in [-0.15, -0.1) is 0 Å². The smallest absolute Gasteiger partial charge is 0.150 e. The summed E-state index contributed by atoms with van der Waals surface area (Å²) in [6, 6.07) is 3.73. The molecule has 72 valence electrons. The molecule has 0 saturated carbocycles. The van der Waals surface area contributed by atoms with Gasteiger partial charge in [0, 0.05) is 21.1 Å². The number of carbonyl (C=O) groups is 1. The summed E-state index contributed by atoms with van der Waals surface area (Å²) in [6.07, 6.45) is 0.867. The molecule has 0 amide bonds. The highest BCUT2D eigenvalue weighted by molar-refractivity contribution is 9.10. The summed E-state index contributed by atoms with van der Waals surface area (Å²) in [5.41, 5.74) is 4.10. The van der Waals surface area contributed by atoms with Crippen LogP contribution in [0, 0.1) is 13.8 Å². The van der Waals surface area contributed by atoms with E-state index in [0.717, 1.165) is 27.4 Å². The Morgan fingerprint density at radius 3 is 2.71 bits per heavy atom. The van der Waals surface area contributed by atoms with Crippen molar-refractivity contribution in [3.8, 4) is 0 Å². The molecule has 2 rings (SSSR count). The van der Waals surface area contributed by atoms with Crippen molar-refractivity contribution in [3.05, 3.63) is 33.4 Å². The summed E-state index contributed by atoms with van der Waals surface area (Å²) >= 11 is 3.45. The Morgan fingerprint density at radius 2 is 2.07 bits per heavy atom. The zero-order chi connectivity index (χ0) is 10.3. The second kappa shape index (κ2) is 3.24. The van der Waals surface area contributed by atoms with E-state index >= 15 is 0 Å². The van der Waals surface area contributed by atoms with Crippen molar-refractivity contribution in [2.75, 3.05) is 0 Å². The standard InChI is InChI=1S/C11H10BrNO/c1-6-7(2)13-11-9(6)3-8(5-14)4-10(11)12/h3-5,13H,1-2H3. The fourth-order valence-corrected chi connectivity index (χ4v) is 2.18. The molecule has 1 aromatic heterocycles. The normalized spacial score (nSPS) is 10.8. The van der Waals surface area contributed by atoms with E-state index < -0.39 is 0 Å². The van der Waals surface area contributed by atoms with Gasteiger partial charge in [-0.25, -0.2) is 0 Å². The van der Waals surface area contributed by atoms with Crippen molar-refractivity contribution in [3.63, 3.8) is 0 Å². The molecule has 0 atom stereocenters. The van der Waals surface area contributed by atoms with Crippen LogP contribution in [0.25, 0.3) is 10.9 Å². The van der Waals surface area contributed by atoms with E-state index in [0.29, 0.717) is 5.56 Å². The lowest BCUT2D eigenvalue weighted by Gasteiger charge is -1.97. The molecule has 3 heteroatoms. The third-order valence-electron chi connectivity index (χ3n) is 2.53. The van der Waals surface area contributed by atoms with E-state index in [2.05, 4.69) is 27.8 Å². The number of hydrogen-bond donors (Lipinski definition) is 1. The predicted molar refractivity (Wildman–Crippen MR) is 60.9 cm³/mol. The maximum Gasteiger partial charge on any atom is 0.150 e. The minimum absolute atomic E-state index is 0.700. The number of benzene rings is 1. The van der Waals surface area contributed by atoms with Crippen LogP contribution in [0.4, 0.5) is 0 Å². The van der Waals surface area contributed by atoms with Crippen molar-refractivity contribution in [1.29, 1.82) is 0 Å². The minimum atomic E-state index is 0.700. The van der Waals surface area contributed by atoms with Gasteiger partial charge in [-0.05, 0) is 47.5 Å². The molecule has 0 unspecified atom stereocenters. The van der Waals surface area contributed by atoms with Gasteiger partial charge >= 0.3 is 0 Å². The van der Waals surface area contributed by atoms with Crippen LogP contribution < -0.4 is 0 Å². The Bertz CT molecular complexity index is 513. The van der Waals surface area contributed by atoms with Gasteiger partial charge in [0.05, 0.1) is 5.52 Å². The molecule has 0 saturated heterocycles. The van der Waals surface area contributed by atoms with Crippen molar-refractivity contribution in [2.45, 2.75) is 13.8 Å². The van der Waals surface area contributed by atoms with Crippen molar-refractivity contribution < 1.29 is 4.79 Å². The highest BCUT2D eigenvalue weighted by Crippen LogP contribution is 2.28. The molecule has 1 N–H and O–H groups in total. The van der Waals surface area contributed by atoms with Gasteiger partial charge in [0.1, 0.15) is 6.29 Å². The monoisotopic (exact) mass is 251 g/mol. The number of aromatic amines is 1. The number of fused-ring (bicyclic) bond motifs is 1. The van der Waals surface area contributed by atoms with E-state index in [1.165, 1.54) is 5.56 Å². The largest absolute Gasteiger partial charge is 0.357 e. The fraction of sp³-hybridized carbons (Fsp3) is 0.182. The lowest BCUT2D eigenvalue weighted by Crippen LogP contribution is -1.81. The van der Waals surface area contributed by atoms with E-state index in [9.17, 15) is 4.79 Å². The van der Waals surface area contributed by atoms with Gasteiger partial charge in [0.25, 0.3) is 0 Å². The molecular formula is C11H10BrNO. The van der Waals surface area contributed by atoms with Crippen LogP contribution in [0.3, 0.4) is 0 Å². The Kier molecular flexibility index (Phi) is 2.19. The summed E-state index contributed by atoms with van der Waals surface area (Å²) in [7, 11) is 0. The Morgan fingerprint density at radius 1 is 1.36 bits per heavy atom. The zero-order valence-corrected chi connectivity index (χ0v) is 9.60. The molecule has 0 fully saturated rings. The zero-order valence-electron chi connectivity index (χ0n) is 8.02. The number of aryl methyl sites for hydroxylation is 2. The molecule has 0 aliphatic heterocycles. The summed E-state index contributed by atoms with van der Waals surface area (Å²) < 4.78 is 0.938. The maximum absolute atomic E-state index is 10.7. The van der Waals surface area contributed by atoms with Gasteiger partial charge < -0.3 is 4.98 Å². The van der Waals surface area contributed by atoms with Gasteiger partial charge in [0.2, 0.25) is 0 Å². The second-order valence-corrected chi connectivity index (χ2v) is 4.27. The number of carbonyl (C=O) groups excluding carboxylic acids is 1. The van der Waals surface area contributed by atoms with E-state index in [-0.39, 0.29) is 0 Å². The number of aldehydes is 1. The average Bonchev–Trinajstić information content (AvgIpc) is 2.45. The highest BCUT2D eigenvalue weighted by Gasteiger charge is 2.08. The summed E-state index contributed by atoms with van der Waals surface area (Å²) in [5.74, 6) is 0. The molecule has 14 heavy (non-hydrogen) atoms. The van der Waals surface area contributed by atoms with E-state index in [1.807, 2.05) is 19.1 Å². The lowest BCUT2D eigenvalue weighted by atomic mass is 10.1. The van der Waals surface area contributed by atoms with Gasteiger partial charge in [0.15, 0.2) is 0 Å². The Hall–Kier alpha value is -1.09. The molecule has 0 radical (unpaired) electrons. The molecular weight excluding hydrogens is 242 g/mol. The molecule has 0 aliphatic rings. The predicted octanol–water partition coefficient (Wildman–Crippen LogP) is 3.36. The Labute approximate surface area is 90.4 Å². The van der Waals surface area contributed by atoms with Crippen molar-refractivity contribution in [2.24, 2.45) is 0 Å². The van der Waals surface area contributed by atoms with Gasteiger partial charge in [-0.3, -0.25) is 4.79 Å². The van der Waals surface area contributed by atoms with Crippen LogP contribution in [-0.4, -0.2) is 11.3 Å². The Balaban J connectivity index is 2.90. The first-order chi connectivity index (χ1) is 6.63. The number of hydrogen-bond acceptors (Lipinski definition) is 1. The van der Waals surface area contributed by atoms with Crippen LogP contribution in [0.5, 0.6) is 0 Å². The van der Waals surface area contributed by atoms with Gasteiger partial charge in [-0.2, -0.15) is 0 Å². The first-order valence-electron chi connectivity index (χ1n) is 4.37. The number of H-pyrrole nitrogens is 1. The van der Waals surface area contributed by atoms with Crippen LogP contribution in [-0.2, 0) is 0 Å². The molecule has 0 aliphatic carbocycles. The molecule has 0 bridgehead atoms. The highest BCUT2D eigenvalue weighted by atomic mass is 79.9. The van der Waals surface area contributed by atoms with Crippen LogP contribution >= 0.6 is 15.9 Å². The first-order valence-corrected chi connectivity index (χ1v) is 5.16. The lowest BCUT2D eigenvalue weighted by molar-refractivity contribution is 0.112. The molecule has 1 aromatic carbocycles. The number of rotatable bonds is 1. The third kappa shape index (κ3) is 1.28. The van der Waals surface area contributed by atoms with Crippen LogP contribution in [0.1, 0.15) is 21.6 Å². The maximum atomic E-state index is 10.7. The van der Waals surface area contributed by atoms with E-state index in [1.54, 1.807) is 0 Å². The topological polar surface area (TPSA) is 32.9 Å². The number of halogens is 1. The summed E-state index contributed by atoms with van der Waals surface area (Å²) in [4.78, 5) is 14.0.